The van der Waals surface area contributed by atoms with Crippen LogP contribution in [0.1, 0.15) is 27.7 Å². The fourth-order valence-electron chi connectivity index (χ4n) is 1.11. The highest BCUT2D eigenvalue weighted by molar-refractivity contribution is 8.13. The second-order valence-electron chi connectivity index (χ2n) is 4.48. The number of rotatable bonds is 7. The lowest BCUT2D eigenvalue weighted by Gasteiger charge is -2.19. The molecule has 0 radical (unpaired) electrons. The van der Waals surface area contributed by atoms with E-state index in [2.05, 4.69) is 0 Å². The maximum atomic E-state index is 11.8. The Balaban J connectivity index is 4.76. The zero-order chi connectivity index (χ0) is 17.3. The van der Waals surface area contributed by atoms with Gasteiger partial charge in [0.1, 0.15) is 6.54 Å². The largest absolute Gasteiger partial charge is 0.457 e. The van der Waals surface area contributed by atoms with Crippen molar-refractivity contribution in [3.8, 4) is 0 Å². The smallest absolute Gasteiger partial charge is 0.389 e. The van der Waals surface area contributed by atoms with Crippen LogP contribution in [0.25, 0.3) is 0 Å². The van der Waals surface area contributed by atoms with Gasteiger partial charge in [0.15, 0.2) is 0 Å². The van der Waals surface area contributed by atoms with Crippen molar-refractivity contribution < 1.29 is 33.4 Å². The van der Waals surface area contributed by atoms with Crippen LogP contribution in [0.15, 0.2) is 0 Å². The summed E-state index contributed by atoms with van der Waals surface area (Å²) in [7, 11) is 1.39. The Morgan fingerprint density at radius 3 is 2.14 bits per heavy atom. The van der Waals surface area contributed by atoms with Crippen LogP contribution in [0.4, 0.5) is 4.79 Å². The molecule has 0 saturated heterocycles. The molecule has 0 aromatic rings. The molecule has 1 atom stereocenters. The molecule has 0 aliphatic carbocycles. The van der Waals surface area contributed by atoms with Gasteiger partial charge in [-0.2, -0.15) is 0 Å². The molecule has 0 saturated carbocycles. The Kier molecular flexibility index (Phi) is 9.23. The molecule has 22 heavy (non-hydrogen) atoms. The van der Waals surface area contributed by atoms with Crippen LogP contribution in [0, 0.1) is 0 Å². The second kappa shape index (κ2) is 10.0. The molecule has 0 aromatic carbocycles. The van der Waals surface area contributed by atoms with Gasteiger partial charge in [-0.25, -0.2) is 9.59 Å². The van der Waals surface area contributed by atoms with E-state index in [0.29, 0.717) is 5.75 Å². The van der Waals surface area contributed by atoms with E-state index in [1.54, 1.807) is 20.8 Å². The van der Waals surface area contributed by atoms with Crippen molar-refractivity contribution in [2.75, 3.05) is 19.3 Å². The van der Waals surface area contributed by atoms with Crippen molar-refractivity contribution in [2.24, 2.45) is 0 Å². The van der Waals surface area contributed by atoms with Crippen molar-refractivity contribution >= 4 is 34.9 Å². The molecule has 0 fully saturated rings. The topological polar surface area (TPSA) is 99.2 Å². The summed E-state index contributed by atoms with van der Waals surface area (Å²) >= 11 is 0.817. The van der Waals surface area contributed by atoms with Crippen molar-refractivity contribution in [3.63, 3.8) is 0 Å². The van der Waals surface area contributed by atoms with Crippen molar-refractivity contribution in [3.05, 3.63) is 0 Å². The number of likely N-dealkylation sites (N-methyl/N-ethyl adjacent to an activating group) is 1. The third kappa shape index (κ3) is 8.50. The monoisotopic (exact) mass is 335 g/mol. The quantitative estimate of drug-likeness (QED) is 0.505. The van der Waals surface area contributed by atoms with E-state index in [-0.39, 0.29) is 12.5 Å². The first-order valence-electron chi connectivity index (χ1n) is 6.62. The van der Waals surface area contributed by atoms with Gasteiger partial charge >= 0.3 is 23.5 Å². The first-order chi connectivity index (χ1) is 10.2. The molecule has 0 heterocycles. The average Bonchev–Trinajstić information content (AvgIpc) is 2.36. The Morgan fingerprint density at radius 1 is 1.09 bits per heavy atom. The zero-order valence-corrected chi connectivity index (χ0v) is 14.1. The number of carbonyl (C=O) groups is 4. The van der Waals surface area contributed by atoms with Crippen molar-refractivity contribution in [2.45, 2.75) is 40.1 Å². The Morgan fingerprint density at radius 2 is 1.68 bits per heavy atom. The summed E-state index contributed by atoms with van der Waals surface area (Å²) in [5, 5.41) is -0.763. The van der Waals surface area contributed by atoms with E-state index in [9.17, 15) is 19.2 Å². The number of nitrogens with zero attached hydrogens (tertiary/aromatic N) is 1. The molecule has 9 heteroatoms. The van der Waals surface area contributed by atoms with E-state index < -0.39 is 29.6 Å². The molecule has 1 unspecified atom stereocenters. The number of carbonyl (C=O) groups excluding carboxylic acids is 4. The van der Waals surface area contributed by atoms with Gasteiger partial charge in [0.05, 0.1) is 6.10 Å². The second-order valence-corrected chi connectivity index (χ2v) is 5.68. The maximum absolute atomic E-state index is 11.8. The number of hydrogen-bond donors (Lipinski definition) is 0. The van der Waals surface area contributed by atoms with Crippen LogP contribution in [-0.2, 0) is 28.6 Å². The van der Waals surface area contributed by atoms with Crippen molar-refractivity contribution in [1.29, 1.82) is 0 Å². The van der Waals surface area contributed by atoms with Crippen LogP contribution < -0.4 is 0 Å². The van der Waals surface area contributed by atoms with E-state index in [1.807, 2.05) is 0 Å². The fraction of sp³-hybridized carbons (Fsp3) is 0.692. The Bertz CT molecular complexity index is 425. The first kappa shape index (κ1) is 20.2. The van der Waals surface area contributed by atoms with Crippen LogP contribution in [0.2, 0.25) is 0 Å². The summed E-state index contributed by atoms with van der Waals surface area (Å²) in [6, 6.07) is 0. The molecule has 8 nitrogen and oxygen atoms in total. The average molecular weight is 335 g/mol. The lowest BCUT2D eigenvalue weighted by atomic mass is 10.5. The van der Waals surface area contributed by atoms with Gasteiger partial charge in [0, 0.05) is 19.7 Å². The molecule has 0 aliphatic heterocycles. The van der Waals surface area contributed by atoms with Crippen LogP contribution >= 0.6 is 11.8 Å². The summed E-state index contributed by atoms with van der Waals surface area (Å²) in [5.74, 6) is -1.79. The molecule has 0 aliphatic rings. The predicted molar refractivity (Wildman–Crippen MR) is 79.0 cm³/mol. The molecule has 0 N–H and O–H groups in total. The normalized spacial score (nSPS) is 11.5. The molecular weight excluding hydrogens is 314 g/mol. The highest BCUT2D eigenvalue weighted by Gasteiger charge is 2.30. The molecule has 1 amide bonds. The minimum atomic E-state index is -1.79. The van der Waals surface area contributed by atoms with Crippen LogP contribution in [-0.4, -0.2) is 59.8 Å². The van der Waals surface area contributed by atoms with Crippen LogP contribution in [0.5, 0.6) is 0 Å². The van der Waals surface area contributed by atoms with Gasteiger partial charge < -0.3 is 19.1 Å². The van der Waals surface area contributed by atoms with Crippen molar-refractivity contribution in [1.82, 2.24) is 4.90 Å². The van der Waals surface area contributed by atoms with Gasteiger partial charge in [-0.1, -0.05) is 6.92 Å². The molecular formula is C13H21NO7S. The third-order valence-electron chi connectivity index (χ3n) is 2.15. The highest BCUT2D eigenvalue weighted by Crippen LogP contribution is 2.10. The van der Waals surface area contributed by atoms with E-state index in [4.69, 9.17) is 14.2 Å². The molecule has 0 rings (SSSR count). The number of hydrogen-bond acceptors (Lipinski definition) is 8. The lowest BCUT2D eigenvalue weighted by molar-refractivity contribution is -0.192. The summed E-state index contributed by atoms with van der Waals surface area (Å²) in [4.78, 5) is 47.0. The van der Waals surface area contributed by atoms with Gasteiger partial charge in [-0.15, -0.1) is 0 Å². The Labute approximate surface area is 133 Å². The standard InChI is InChI=1S/C13H21NO7S/c1-6-22-13(18)21-12(11(17)19-8(2)3)20-10(16)7-14(5)9(4)15/h8,12H,6-7H2,1-5H3. The predicted octanol–water partition coefficient (Wildman–Crippen LogP) is 1.18. The number of thioether (sulfide) groups is 1. The van der Waals surface area contributed by atoms with E-state index in [0.717, 1.165) is 16.7 Å². The third-order valence-corrected chi connectivity index (χ3v) is 2.77. The molecule has 126 valence electrons. The highest BCUT2D eigenvalue weighted by atomic mass is 32.2. The summed E-state index contributed by atoms with van der Waals surface area (Å²) < 4.78 is 14.4. The minimum Gasteiger partial charge on any atom is -0.457 e. The zero-order valence-electron chi connectivity index (χ0n) is 13.3. The molecule has 0 bridgehead atoms. The number of ether oxygens (including phenoxy) is 3. The first-order valence-corrected chi connectivity index (χ1v) is 7.61. The summed E-state index contributed by atoms with van der Waals surface area (Å²) in [5.41, 5.74) is 0. The summed E-state index contributed by atoms with van der Waals surface area (Å²) in [6.07, 6.45) is -2.26. The molecule has 0 aromatic heterocycles. The Hall–Kier alpha value is -1.77. The summed E-state index contributed by atoms with van der Waals surface area (Å²) in [6.45, 7) is 5.82. The lowest BCUT2D eigenvalue weighted by Crippen LogP contribution is -2.38. The van der Waals surface area contributed by atoms with Gasteiger partial charge in [-0.05, 0) is 25.6 Å². The number of amides is 1. The van der Waals surface area contributed by atoms with Gasteiger partial charge in [0.25, 0.3) is 0 Å². The SMILES string of the molecule is CCSC(=O)OC(OC(=O)CN(C)C(C)=O)C(=O)OC(C)C. The maximum Gasteiger partial charge on any atom is 0.389 e. The minimum absolute atomic E-state index is 0.350. The van der Waals surface area contributed by atoms with Crippen LogP contribution in [0.3, 0.4) is 0 Å². The molecule has 0 spiro atoms. The fourth-order valence-corrected chi connectivity index (χ4v) is 1.50. The number of esters is 2. The van der Waals surface area contributed by atoms with E-state index in [1.165, 1.54) is 14.0 Å². The van der Waals surface area contributed by atoms with Gasteiger partial charge in [-0.3, -0.25) is 9.59 Å². The van der Waals surface area contributed by atoms with Gasteiger partial charge in [0.2, 0.25) is 5.91 Å². The van der Waals surface area contributed by atoms with E-state index >= 15 is 0 Å².